The van der Waals surface area contributed by atoms with Crippen molar-refractivity contribution in [3.05, 3.63) is 41.3 Å². The summed E-state index contributed by atoms with van der Waals surface area (Å²) in [5, 5.41) is 12.6. The van der Waals surface area contributed by atoms with Crippen LogP contribution in [0.1, 0.15) is 66.6 Å². The van der Waals surface area contributed by atoms with Gasteiger partial charge in [-0.25, -0.2) is 0 Å². The lowest BCUT2D eigenvalue weighted by atomic mass is 9.75. The summed E-state index contributed by atoms with van der Waals surface area (Å²) in [5.74, 6) is -0.653. The molecule has 1 aromatic carbocycles. The fraction of sp³-hybridized carbons (Fsp3) is 0.520. The van der Waals surface area contributed by atoms with E-state index in [1.807, 2.05) is 12.1 Å². The van der Waals surface area contributed by atoms with Gasteiger partial charge in [-0.1, -0.05) is 30.5 Å². The predicted molar refractivity (Wildman–Crippen MR) is 125 cm³/mol. The Morgan fingerprint density at radius 3 is 2.65 bits per heavy atom. The zero-order chi connectivity index (χ0) is 23.7. The molecule has 3 aliphatic rings. The SMILES string of the molecule is Cc1conc1C(=O)N[C@H](C(=O)Nc1ccc2c(c1)NC(=O)C21CCOCC1)C1CCCCC1. The minimum absolute atomic E-state index is 0.00963. The Morgan fingerprint density at radius 1 is 1.18 bits per heavy atom. The number of benzene rings is 1. The summed E-state index contributed by atoms with van der Waals surface area (Å²) in [6, 6.07) is 4.86. The van der Waals surface area contributed by atoms with Gasteiger partial charge in [-0.2, -0.15) is 0 Å². The third-order valence-corrected chi connectivity index (χ3v) is 7.48. The zero-order valence-corrected chi connectivity index (χ0v) is 19.3. The molecular formula is C25H30N4O5. The highest BCUT2D eigenvalue weighted by molar-refractivity contribution is 6.07. The summed E-state index contributed by atoms with van der Waals surface area (Å²) < 4.78 is 10.4. The molecule has 1 aromatic heterocycles. The molecule has 9 heteroatoms. The molecule has 180 valence electrons. The van der Waals surface area contributed by atoms with E-state index in [9.17, 15) is 14.4 Å². The predicted octanol–water partition coefficient (Wildman–Crippen LogP) is 3.30. The Bertz CT molecular complexity index is 1100. The van der Waals surface area contributed by atoms with Crippen LogP contribution in [-0.2, 0) is 19.7 Å². The number of anilines is 2. The summed E-state index contributed by atoms with van der Waals surface area (Å²) in [7, 11) is 0. The molecule has 2 aliphatic heterocycles. The number of hydrogen-bond donors (Lipinski definition) is 3. The smallest absolute Gasteiger partial charge is 0.274 e. The number of rotatable bonds is 5. The number of nitrogens with zero attached hydrogens (tertiary/aromatic N) is 1. The van der Waals surface area contributed by atoms with E-state index in [0.29, 0.717) is 37.3 Å². The molecule has 0 radical (unpaired) electrons. The number of fused-ring (bicyclic) bond motifs is 2. The summed E-state index contributed by atoms with van der Waals surface area (Å²) in [5.41, 5.74) is 2.52. The summed E-state index contributed by atoms with van der Waals surface area (Å²) >= 11 is 0. The second-order valence-corrected chi connectivity index (χ2v) is 9.59. The van der Waals surface area contributed by atoms with Gasteiger partial charge in [0.2, 0.25) is 11.8 Å². The molecule has 5 rings (SSSR count). The van der Waals surface area contributed by atoms with Crippen molar-refractivity contribution in [2.24, 2.45) is 5.92 Å². The third kappa shape index (κ3) is 4.09. The number of carbonyl (C=O) groups is 3. The largest absolute Gasteiger partial charge is 0.381 e. The summed E-state index contributed by atoms with van der Waals surface area (Å²) in [6.07, 6.45) is 7.66. The first-order valence-corrected chi connectivity index (χ1v) is 12.0. The van der Waals surface area contributed by atoms with Crippen LogP contribution in [0.15, 0.2) is 29.0 Å². The van der Waals surface area contributed by atoms with Crippen LogP contribution in [0.4, 0.5) is 11.4 Å². The van der Waals surface area contributed by atoms with Gasteiger partial charge in [0, 0.05) is 30.2 Å². The average Bonchev–Trinajstić information content (AvgIpc) is 3.39. The van der Waals surface area contributed by atoms with E-state index in [0.717, 1.165) is 43.4 Å². The van der Waals surface area contributed by atoms with Crippen molar-refractivity contribution in [1.29, 1.82) is 0 Å². The van der Waals surface area contributed by atoms with Crippen molar-refractivity contribution < 1.29 is 23.6 Å². The van der Waals surface area contributed by atoms with Crippen molar-refractivity contribution in [3.63, 3.8) is 0 Å². The van der Waals surface area contributed by atoms with Gasteiger partial charge in [-0.15, -0.1) is 0 Å². The Morgan fingerprint density at radius 2 is 1.94 bits per heavy atom. The highest BCUT2D eigenvalue weighted by Gasteiger charge is 2.47. The number of hydrogen-bond acceptors (Lipinski definition) is 6. The molecule has 3 heterocycles. The van der Waals surface area contributed by atoms with Crippen molar-refractivity contribution in [3.8, 4) is 0 Å². The topological polar surface area (TPSA) is 123 Å². The normalized spacial score (nSPS) is 20.4. The molecular weight excluding hydrogens is 436 g/mol. The Balaban J connectivity index is 1.35. The molecule has 1 saturated carbocycles. The number of amides is 3. The van der Waals surface area contributed by atoms with Gasteiger partial charge in [-0.05, 0) is 56.2 Å². The van der Waals surface area contributed by atoms with E-state index in [-0.39, 0.29) is 23.4 Å². The average molecular weight is 467 g/mol. The molecule has 34 heavy (non-hydrogen) atoms. The molecule has 3 N–H and O–H groups in total. The molecule has 3 amide bonds. The van der Waals surface area contributed by atoms with E-state index in [1.54, 1.807) is 13.0 Å². The van der Waals surface area contributed by atoms with Crippen molar-refractivity contribution >= 4 is 29.1 Å². The summed E-state index contributed by atoms with van der Waals surface area (Å²) in [6.45, 7) is 2.85. The quantitative estimate of drug-likeness (QED) is 0.621. The van der Waals surface area contributed by atoms with E-state index in [2.05, 4.69) is 21.1 Å². The number of aryl methyl sites for hydroxylation is 1. The van der Waals surface area contributed by atoms with Gasteiger partial charge >= 0.3 is 0 Å². The summed E-state index contributed by atoms with van der Waals surface area (Å²) in [4.78, 5) is 39.0. The molecule has 1 atom stereocenters. The van der Waals surface area contributed by atoms with Gasteiger partial charge in [0.25, 0.3) is 5.91 Å². The Labute approximate surface area is 198 Å². The second-order valence-electron chi connectivity index (χ2n) is 9.59. The van der Waals surface area contributed by atoms with Crippen molar-refractivity contribution in [1.82, 2.24) is 10.5 Å². The van der Waals surface area contributed by atoms with E-state index >= 15 is 0 Å². The van der Waals surface area contributed by atoms with Crippen LogP contribution in [-0.4, -0.2) is 42.1 Å². The monoisotopic (exact) mass is 466 g/mol. The van der Waals surface area contributed by atoms with Crippen molar-refractivity contribution in [2.45, 2.75) is 63.3 Å². The maximum atomic E-state index is 13.4. The van der Waals surface area contributed by atoms with E-state index in [4.69, 9.17) is 9.26 Å². The lowest BCUT2D eigenvalue weighted by Gasteiger charge is -2.31. The van der Waals surface area contributed by atoms with Crippen LogP contribution in [0.5, 0.6) is 0 Å². The van der Waals surface area contributed by atoms with Crippen LogP contribution in [0.2, 0.25) is 0 Å². The first kappa shape index (κ1) is 22.6. The number of aromatic nitrogens is 1. The minimum atomic E-state index is -0.686. The fourth-order valence-corrected chi connectivity index (χ4v) is 5.52. The van der Waals surface area contributed by atoms with Gasteiger partial charge in [0.15, 0.2) is 5.69 Å². The van der Waals surface area contributed by atoms with Crippen molar-refractivity contribution in [2.75, 3.05) is 23.8 Å². The second kappa shape index (κ2) is 9.21. The first-order chi connectivity index (χ1) is 16.5. The molecule has 1 saturated heterocycles. The van der Waals surface area contributed by atoms with Gasteiger partial charge < -0.3 is 25.2 Å². The molecule has 9 nitrogen and oxygen atoms in total. The van der Waals surface area contributed by atoms with Crippen LogP contribution in [0, 0.1) is 12.8 Å². The van der Waals surface area contributed by atoms with Crippen LogP contribution >= 0.6 is 0 Å². The minimum Gasteiger partial charge on any atom is -0.381 e. The van der Waals surface area contributed by atoms with E-state index in [1.165, 1.54) is 6.26 Å². The zero-order valence-electron chi connectivity index (χ0n) is 19.3. The lowest BCUT2D eigenvalue weighted by Crippen LogP contribution is -2.49. The first-order valence-electron chi connectivity index (χ1n) is 12.0. The number of carbonyl (C=O) groups excluding carboxylic acids is 3. The third-order valence-electron chi connectivity index (χ3n) is 7.48. The van der Waals surface area contributed by atoms with Gasteiger partial charge in [0.1, 0.15) is 12.3 Å². The molecule has 2 fully saturated rings. The van der Waals surface area contributed by atoms with Crippen LogP contribution in [0.3, 0.4) is 0 Å². The molecule has 0 unspecified atom stereocenters. The standard InChI is InChI=1S/C25H30N4O5/c1-15-14-34-29-20(15)22(30)28-21(16-5-3-2-4-6-16)23(31)26-17-7-8-18-19(13-17)27-24(32)25(18)9-11-33-12-10-25/h7-8,13-14,16,21H,2-6,9-12H2,1H3,(H,26,31)(H,27,32)(H,28,30)/t21-/m0/s1. The van der Waals surface area contributed by atoms with Crippen LogP contribution in [0.25, 0.3) is 0 Å². The maximum Gasteiger partial charge on any atom is 0.274 e. The van der Waals surface area contributed by atoms with Gasteiger partial charge in [-0.3, -0.25) is 14.4 Å². The number of ether oxygens (including phenoxy) is 1. The Hall–Kier alpha value is -3.20. The Kier molecular flexibility index (Phi) is 6.12. The fourth-order valence-electron chi connectivity index (χ4n) is 5.52. The highest BCUT2D eigenvalue weighted by atomic mass is 16.5. The highest BCUT2D eigenvalue weighted by Crippen LogP contribution is 2.45. The van der Waals surface area contributed by atoms with E-state index < -0.39 is 17.4 Å². The lowest BCUT2D eigenvalue weighted by molar-refractivity contribution is -0.124. The molecule has 1 spiro atoms. The molecule has 1 aliphatic carbocycles. The number of nitrogens with one attached hydrogen (secondary N) is 3. The van der Waals surface area contributed by atoms with Crippen LogP contribution < -0.4 is 16.0 Å². The van der Waals surface area contributed by atoms with Gasteiger partial charge in [0.05, 0.1) is 5.41 Å². The maximum absolute atomic E-state index is 13.4. The molecule has 2 aromatic rings. The molecule has 0 bridgehead atoms.